The van der Waals surface area contributed by atoms with E-state index in [1.807, 2.05) is 20.2 Å². The third-order valence-corrected chi connectivity index (χ3v) is 4.86. The second-order valence-corrected chi connectivity index (χ2v) is 8.12. The first-order valence-electron chi connectivity index (χ1n) is 7.78. The van der Waals surface area contributed by atoms with Crippen molar-refractivity contribution in [1.82, 2.24) is 4.90 Å². The van der Waals surface area contributed by atoms with Gasteiger partial charge in [-0.2, -0.15) is 4.99 Å². The van der Waals surface area contributed by atoms with Crippen molar-refractivity contribution in [1.29, 1.82) is 0 Å². The maximum Gasteiger partial charge on any atom is 0.280 e. The van der Waals surface area contributed by atoms with Gasteiger partial charge in [-0.15, -0.1) is 36.2 Å². The third-order valence-electron chi connectivity index (χ3n) is 3.37. The summed E-state index contributed by atoms with van der Waals surface area (Å²) in [5.74, 6) is -0.318. The molecule has 0 fully saturated rings. The van der Waals surface area contributed by atoms with E-state index < -0.39 is 5.91 Å². The van der Waals surface area contributed by atoms with Crippen molar-refractivity contribution < 1.29 is 9.53 Å². The maximum absolute atomic E-state index is 12.2. The van der Waals surface area contributed by atoms with Gasteiger partial charge in [0.2, 0.25) is 0 Å². The lowest BCUT2D eigenvalue weighted by Crippen LogP contribution is -2.24. The van der Waals surface area contributed by atoms with Gasteiger partial charge < -0.3 is 21.1 Å². The first-order valence-corrected chi connectivity index (χ1v) is 9.35. The van der Waals surface area contributed by atoms with Gasteiger partial charge in [0, 0.05) is 17.7 Å². The number of carbonyl (C=O) groups is 1. The summed E-state index contributed by atoms with van der Waals surface area (Å²) >= 11 is 13.5. The smallest absolute Gasteiger partial charge is 0.280 e. The number of hydrogen-bond donors (Lipinski definition) is 2. The number of amides is 1. The first-order chi connectivity index (χ1) is 12.3. The van der Waals surface area contributed by atoms with Gasteiger partial charge in [-0.05, 0) is 50.3 Å². The van der Waals surface area contributed by atoms with Crippen LogP contribution in [0.4, 0.5) is 0 Å². The summed E-state index contributed by atoms with van der Waals surface area (Å²) in [5.41, 5.74) is 12.3. The van der Waals surface area contributed by atoms with Crippen molar-refractivity contribution in [2.24, 2.45) is 16.5 Å². The summed E-state index contributed by atoms with van der Waals surface area (Å²) in [7, 11) is 3.99. The van der Waals surface area contributed by atoms with Crippen LogP contribution < -0.4 is 16.2 Å². The van der Waals surface area contributed by atoms with Crippen LogP contribution in [-0.2, 0) is 0 Å². The Morgan fingerprint density at radius 1 is 1.18 bits per heavy atom. The zero-order valence-corrected chi connectivity index (χ0v) is 19.2. The van der Waals surface area contributed by atoms with Crippen molar-refractivity contribution >= 4 is 71.2 Å². The van der Waals surface area contributed by atoms with Gasteiger partial charge >= 0.3 is 0 Å². The van der Waals surface area contributed by atoms with Gasteiger partial charge in [0.25, 0.3) is 5.91 Å². The fraction of sp³-hybridized carbons (Fsp3) is 0.294. The largest absolute Gasteiger partial charge is 0.494 e. The molecule has 6 nitrogen and oxygen atoms in total. The van der Waals surface area contributed by atoms with E-state index >= 15 is 0 Å². The molecule has 0 aliphatic rings. The Bertz CT molecular complexity index is 823. The molecule has 0 unspecified atom stereocenters. The van der Waals surface area contributed by atoms with Gasteiger partial charge in [0.15, 0.2) is 5.96 Å². The number of guanidine groups is 1. The highest BCUT2D eigenvalue weighted by Crippen LogP contribution is 2.39. The average Bonchev–Trinajstić information content (AvgIpc) is 2.89. The quantitative estimate of drug-likeness (QED) is 0.344. The van der Waals surface area contributed by atoms with Gasteiger partial charge in [-0.3, -0.25) is 4.79 Å². The molecule has 11 heteroatoms. The van der Waals surface area contributed by atoms with Crippen LogP contribution in [0.1, 0.15) is 16.8 Å². The monoisotopic (exact) mass is 486 g/mol. The summed E-state index contributed by atoms with van der Waals surface area (Å²) in [6, 6.07) is 6.82. The van der Waals surface area contributed by atoms with E-state index in [1.54, 1.807) is 18.2 Å². The van der Waals surface area contributed by atoms with E-state index in [0.29, 0.717) is 32.2 Å². The highest BCUT2D eigenvalue weighted by Gasteiger charge is 2.14. The van der Waals surface area contributed by atoms with E-state index in [-0.39, 0.29) is 30.8 Å². The Balaban J connectivity index is 0.00000364. The number of nitrogens with zero attached hydrogens (tertiary/aromatic N) is 2. The topological polar surface area (TPSA) is 93.9 Å². The normalized spacial score (nSPS) is 10.0. The van der Waals surface area contributed by atoms with Crippen LogP contribution in [0.5, 0.6) is 5.75 Å². The lowest BCUT2D eigenvalue weighted by atomic mass is 10.0. The van der Waals surface area contributed by atoms with Crippen LogP contribution in [0.3, 0.4) is 0 Å². The summed E-state index contributed by atoms with van der Waals surface area (Å²) < 4.78 is 6.88. The Labute approximate surface area is 190 Å². The molecular formula is C17H22Cl4N4O2S. The zero-order valence-electron chi connectivity index (χ0n) is 15.3. The molecule has 1 amide bonds. The van der Waals surface area contributed by atoms with Crippen LogP contribution >= 0.6 is 59.4 Å². The van der Waals surface area contributed by atoms with Crippen molar-refractivity contribution in [3.8, 4) is 16.9 Å². The standard InChI is InChI=1S/C17H20Cl2N4O2S.2ClH/c1-23(2)4-3-5-25-12-7-10(13-9-14(18)26-15(13)19)6-11(8-12)16(24)22-17(20)21;;/h6-9H,3-5H2,1-2H3,(H4,20,21,22,24);2*1H. The fourth-order valence-electron chi connectivity index (χ4n) is 2.25. The molecule has 0 bridgehead atoms. The minimum Gasteiger partial charge on any atom is -0.494 e. The average molecular weight is 488 g/mol. The molecule has 0 spiro atoms. The SMILES string of the molecule is CN(C)CCCOc1cc(C(=O)N=C(N)N)cc(-c2cc(Cl)sc2Cl)c1.Cl.Cl. The summed E-state index contributed by atoms with van der Waals surface area (Å²) in [4.78, 5) is 17.9. The Morgan fingerprint density at radius 2 is 1.86 bits per heavy atom. The van der Waals surface area contributed by atoms with E-state index in [1.165, 1.54) is 11.3 Å². The molecule has 0 aliphatic heterocycles. The molecule has 156 valence electrons. The lowest BCUT2D eigenvalue weighted by Gasteiger charge is -2.12. The van der Waals surface area contributed by atoms with Gasteiger partial charge in [0.05, 0.1) is 10.9 Å². The minimum atomic E-state index is -0.553. The number of ether oxygens (including phenoxy) is 1. The predicted molar refractivity (Wildman–Crippen MR) is 123 cm³/mol. The zero-order chi connectivity index (χ0) is 19.3. The summed E-state index contributed by atoms with van der Waals surface area (Å²) in [5, 5.41) is 0. The molecule has 0 radical (unpaired) electrons. The Hall–Kier alpha value is -1.22. The molecule has 0 saturated heterocycles. The third kappa shape index (κ3) is 8.03. The summed E-state index contributed by atoms with van der Waals surface area (Å²) in [6.07, 6.45) is 0.847. The molecular weight excluding hydrogens is 466 g/mol. The molecule has 28 heavy (non-hydrogen) atoms. The second kappa shape index (κ2) is 12.4. The van der Waals surface area contributed by atoms with E-state index in [2.05, 4.69) is 9.89 Å². The molecule has 0 atom stereocenters. The molecule has 1 aromatic heterocycles. The molecule has 1 aromatic carbocycles. The van der Waals surface area contributed by atoms with Crippen LogP contribution in [0.2, 0.25) is 8.67 Å². The van der Waals surface area contributed by atoms with Gasteiger partial charge in [-0.25, -0.2) is 0 Å². The molecule has 1 heterocycles. The lowest BCUT2D eigenvalue weighted by molar-refractivity contribution is 0.100. The van der Waals surface area contributed by atoms with Crippen molar-refractivity contribution in [2.75, 3.05) is 27.2 Å². The number of hydrogen-bond acceptors (Lipinski definition) is 4. The van der Waals surface area contributed by atoms with Crippen LogP contribution in [0, 0.1) is 0 Å². The number of benzene rings is 1. The van der Waals surface area contributed by atoms with Crippen molar-refractivity contribution in [3.63, 3.8) is 0 Å². The fourth-order valence-corrected chi connectivity index (χ4v) is 3.76. The van der Waals surface area contributed by atoms with Crippen molar-refractivity contribution in [2.45, 2.75) is 6.42 Å². The van der Waals surface area contributed by atoms with Crippen LogP contribution in [-0.4, -0.2) is 44.0 Å². The number of nitrogens with two attached hydrogens (primary N) is 2. The predicted octanol–water partition coefficient (Wildman–Crippen LogP) is 4.31. The number of carbonyl (C=O) groups excluding carboxylic acids is 1. The van der Waals surface area contributed by atoms with E-state index in [0.717, 1.165) is 18.5 Å². The highest BCUT2D eigenvalue weighted by atomic mass is 35.5. The Kier molecular flexibility index (Phi) is 11.8. The minimum absolute atomic E-state index is 0. The number of thiophene rings is 1. The van der Waals surface area contributed by atoms with Crippen molar-refractivity contribution in [3.05, 3.63) is 38.5 Å². The molecule has 0 saturated carbocycles. The van der Waals surface area contributed by atoms with E-state index in [9.17, 15) is 4.79 Å². The van der Waals surface area contributed by atoms with Gasteiger partial charge in [-0.1, -0.05) is 23.2 Å². The maximum atomic E-state index is 12.2. The summed E-state index contributed by atoms with van der Waals surface area (Å²) in [6.45, 7) is 1.40. The first kappa shape index (κ1) is 26.8. The van der Waals surface area contributed by atoms with Crippen LogP contribution in [0.15, 0.2) is 29.3 Å². The van der Waals surface area contributed by atoms with Crippen LogP contribution in [0.25, 0.3) is 11.1 Å². The Morgan fingerprint density at radius 3 is 2.39 bits per heavy atom. The van der Waals surface area contributed by atoms with E-state index in [4.69, 9.17) is 39.4 Å². The number of halogens is 4. The van der Waals surface area contributed by atoms with Gasteiger partial charge in [0.1, 0.15) is 10.1 Å². The molecule has 2 rings (SSSR count). The molecule has 4 N–H and O–H groups in total. The highest BCUT2D eigenvalue weighted by molar-refractivity contribution is 7.20. The molecule has 0 aliphatic carbocycles. The number of aliphatic imine (C=N–C) groups is 1. The molecule has 2 aromatic rings. The number of rotatable bonds is 7. The second-order valence-electron chi connectivity index (χ2n) is 5.83.